The van der Waals surface area contributed by atoms with E-state index in [-0.39, 0.29) is 11.9 Å². The van der Waals surface area contributed by atoms with Crippen LogP contribution in [0.15, 0.2) is 59.0 Å². The highest BCUT2D eigenvalue weighted by atomic mass is 16.5. The zero-order valence-electron chi connectivity index (χ0n) is 15.8. The van der Waals surface area contributed by atoms with Gasteiger partial charge in [-0.3, -0.25) is 4.79 Å². The Morgan fingerprint density at radius 3 is 2.64 bits per heavy atom. The molecule has 1 aliphatic rings. The summed E-state index contributed by atoms with van der Waals surface area (Å²) < 4.78 is 11.1. The zero-order chi connectivity index (χ0) is 19.5. The molecular formula is C23H23NO4. The third-order valence-electron chi connectivity index (χ3n) is 5.13. The van der Waals surface area contributed by atoms with E-state index in [4.69, 9.17) is 9.15 Å². The molecule has 0 radical (unpaired) electrons. The second-order valence-electron chi connectivity index (χ2n) is 6.99. The quantitative estimate of drug-likeness (QED) is 0.531. The van der Waals surface area contributed by atoms with Gasteiger partial charge in [-0.15, -0.1) is 0 Å². The highest BCUT2D eigenvalue weighted by molar-refractivity contribution is 6.07. The number of nitrogens with zero attached hydrogens (tertiary/aromatic N) is 1. The number of ether oxygens (including phenoxy) is 1. The number of ketones is 1. The summed E-state index contributed by atoms with van der Waals surface area (Å²) in [5.74, 6) is 1.20. The van der Waals surface area contributed by atoms with Gasteiger partial charge in [0.05, 0.1) is 13.2 Å². The lowest BCUT2D eigenvalue weighted by atomic mass is 10.1. The normalized spacial score (nSPS) is 15.4. The van der Waals surface area contributed by atoms with Gasteiger partial charge in [0.25, 0.3) is 0 Å². The zero-order valence-corrected chi connectivity index (χ0v) is 15.8. The van der Waals surface area contributed by atoms with E-state index in [1.165, 1.54) is 6.08 Å². The first kappa shape index (κ1) is 18.3. The number of para-hydroxylation sites is 1. The smallest absolute Gasteiger partial charge is 0.185 e. The minimum absolute atomic E-state index is 0.0759. The Labute approximate surface area is 163 Å². The first-order valence-electron chi connectivity index (χ1n) is 9.46. The molecule has 0 spiro atoms. The number of furan rings is 1. The van der Waals surface area contributed by atoms with Gasteiger partial charge in [0.1, 0.15) is 5.76 Å². The van der Waals surface area contributed by atoms with Gasteiger partial charge in [-0.1, -0.05) is 12.1 Å². The van der Waals surface area contributed by atoms with Gasteiger partial charge >= 0.3 is 0 Å². The standard InChI is InChI=1S/C23H23NO4/c1-27-22-4-2-3-17-15-20(28-23(17)22)9-10-21(26)16-5-7-18(8-6-16)24-13-11-19(25)12-14-24/h2-10,15,19,25H,11-14H2,1H3. The molecule has 0 atom stereocenters. The topological polar surface area (TPSA) is 62.9 Å². The molecule has 1 fully saturated rings. The Bertz CT molecular complexity index is 995. The Morgan fingerprint density at radius 2 is 1.93 bits per heavy atom. The molecule has 4 rings (SSSR count). The Kier molecular flexibility index (Phi) is 5.17. The van der Waals surface area contributed by atoms with Crippen LogP contribution in [0.1, 0.15) is 29.0 Å². The fourth-order valence-electron chi connectivity index (χ4n) is 3.51. The second-order valence-corrected chi connectivity index (χ2v) is 6.99. The third kappa shape index (κ3) is 3.80. The number of hydrogen-bond acceptors (Lipinski definition) is 5. The van der Waals surface area contributed by atoms with E-state index < -0.39 is 0 Å². The minimum atomic E-state index is -0.194. The molecule has 2 heterocycles. The molecule has 0 bridgehead atoms. The Morgan fingerprint density at radius 1 is 1.18 bits per heavy atom. The molecule has 144 valence electrons. The van der Waals surface area contributed by atoms with Gasteiger partial charge in [-0.05, 0) is 61.4 Å². The molecule has 0 saturated carbocycles. The van der Waals surface area contributed by atoms with Crippen LogP contribution in [0.3, 0.4) is 0 Å². The Hall–Kier alpha value is -3.05. The Balaban J connectivity index is 1.46. The largest absolute Gasteiger partial charge is 0.493 e. The number of fused-ring (bicyclic) bond motifs is 1. The van der Waals surface area contributed by atoms with Crippen LogP contribution >= 0.6 is 0 Å². The molecule has 1 N–H and O–H groups in total. The first-order valence-corrected chi connectivity index (χ1v) is 9.46. The number of methoxy groups -OCH3 is 1. The van der Waals surface area contributed by atoms with Crippen LogP contribution < -0.4 is 9.64 Å². The van der Waals surface area contributed by atoms with Crippen LogP contribution in [-0.4, -0.2) is 37.2 Å². The van der Waals surface area contributed by atoms with Gasteiger partial charge in [-0.2, -0.15) is 0 Å². The lowest BCUT2D eigenvalue weighted by Gasteiger charge is -2.31. The predicted molar refractivity (Wildman–Crippen MR) is 110 cm³/mol. The molecular weight excluding hydrogens is 354 g/mol. The third-order valence-corrected chi connectivity index (χ3v) is 5.13. The average molecular weight is 377 g/mol. The van der Waals surface area contributed by atoms with Crippen LogP contribution in [0.25, 0.3) is 17.0 Å². The summed E-state index contributed by atoms with van der Waals surface area (Å²) in [6.45, 7) is 1.67. The molecule has 28 heavy (non-hydrogen) atoms. The number of piperidine rings is 1. The van der Waals surface area contributed by atoms with Crippen molar-refractivity contribution in [2.24, 2.45) is 0 Å². The van der Waals surface area contributed by atoms with Crippen molar-refractivity contribution in [1.82, 2.24) is 0 Å². The van der Waals surface area contributed by atoms with Crippen LogP contribution in [0.4, 0.5) is 5.69 Å². The molecule has 5 nitrogen and oxygen atoms in total. The fraction of sp³-hybridized carbons (Fsp3) is 0.261. The van der Waals surface area contributed by atoms with Gasteiger partial charge in [-0.25, -0.2) is 0 Å². The van der Waals surface area contributed by atoms with E-state index in [1.807, 2.05) is 48.5 Å². The van der Waals surface area contributed by atoms with E-state index >= 15 is 0 Å². The monoisotopic (exact) mass is 377 g/mol. The van der Waals surface area contributed by atoms with E-state index in [0.29, 0.717) is 22.7 Å². The summed E-state index contributed by atoms with van der Waals surface area (Å²) in [5, 5.41) is 10.6. The minimum Gasteiger partial charge on any atom is -0.493 e. The van der Waals surface area contributed by atoms with Crippen LogP contribution in [0.2, 0.25) is 0 Å². The number of rotatable bonds is 5. The highest BCUT2D eigenvalue weighted by Gasteiger charge is 2.17. The van der Waals surface area contributed by atoms with Crippen molar-refractivity contribution in [1.29, 1.82) is 0 Å². The van der Waals surface area contributed by atoms with Crippen LogP contribution in [0, 0.1) is 0 Å². The number of aliphatic hydroxyl groups is 1. The van der Waals surface area contributed by atoms with Crippen molar-refractivity contribution in [2.75, 3.05) is 25.1 Å². The summed E-state index contributed by atoms with van der Waals surface area (Å²) >= 11 is 0. The number of allylic oxidation sites excluding steroid dienone is 1. The van der Waals surface area contributed by atoms with E-state index in [0.717, 1.165) is 37.0 Å². The summed E-state index contributed by atoms with van der Waals surface area (Å²) in [6, 6.07) is 15.2. The lowest BCUT2D eigenvalue weighted by Crippen LogP contribution is -2.35. The van der Waals surface area contributed by atoms with Crippen molar-refractivity contribution < 1.29 is 19.1 Å². The van der Waals surface area contributed by atoms with Gasteiger partial charge in [0.15, 0.2) is 17.1 Å². The number of carbonyl (C=O) groups excluding carboxylic acids is 1. The molecule has 1 aromatic heterocycles. The lowest BCUT2D eigenvalue weighted by molar-refractivity contribution is 0.104. The van der Waals surface area contributed by atoms with Gasteiger partial charge < -0.3 is 19.2 Å². The summed E-state index contributed by atoms with van der Waals surface area (Å²) in [6.07, 6.45) is 4.58. The van der Waals surface area contributed by atoms with E-state index in [2.05, 4.69) is 4.90 Å². The number of aliphatic hydroxyl groups excluding tert-OH is 1. The molecule has 0 aliphatic carbocycles. The maximum Gasteiger partial charge on any atom is 0.185 e. The van der Waals surface area contributed by atoms with Gasteiger partial charge in [0.2, 0.25) is 0 Å². The first-order chi connectivity index (χ1) is 13.6. The molecule has 5 heteroatoms. The van der Waals surface area contributed by atoms with Gasteiger partial charge in [0, 0.05) is 29.7 Å². The molecule has 2 aromatic carbocycles. The van der Waals surface area contributed by atoms with Crippen molar-refractivity contribution in [3.05, 3.63) is 65.9 Å². The SMILES string of the molecule is COc1cccc2cc(C=CC(=O)c3ccc(N4CCC(O)CC4)cc3)oc12. The highest BCUT2D eigenvalue weighted by Crippen LogP contribution is 2.29. The van der Waals surface area contributed by atoms with Crippen molar-refractivity contribution in [2.45, 2.75) is 18.9 Å². The van der Waals surface area contributed by atoms with Crippen molar-refractivity contribution in [3.63, 3.8) is 0 Å². The maximum absolute atomic E-state index is 12.5. The predicted octanol–water partition coefficient (Wildman–Crippen LogP) is 4.30. The number of carbonyl (C=O) groups is 1. The molecule has 0 unspecified atom stereocenters. The molecule has 1 aliphatic heterocycles. The summed E-state index contributed by atoms with van der Waals surface area (Å²) in [7, 11) is 1.60. The van der Waals surface area contributed by atoms with Crippen LogP contribution in [0.5, 0.6) is 5.75 Å². The molecule has 3 aromatic rings. The second kappa shape index (κ2) is 7.90. The number of anilines is 1. The fourth-order valence-corrected chi connectivity index (χ4v) is 3.51. The summed E-state index contributed by atoms with van der Waals surface area (Å²) in [5.41, 5.74) is 2.38. The number of hydrogen-bond donors (Lipinski definition) is 1. The van der Waals surface area contributed by atoms with Crippen molar-refractivity contribution >= 4 is 28.5 Å². The molecule has 0 amide bonds. The average Bonchev–Trinajstić information content (AvgIpc) is 3.16. The van der Waals surface area contributed by atoms with Crippen molar-refractivity contribution in [3.8, 4) is 5.75 Å². The van der Waals surface area contributed by atoms with Crippen LogP contribution in [-0.2, 0) is 0 Å². The maximum atomic E-state index is 12.5. The van der Waals surface area contributed by atoms with E-state index in [1.54, 1.807) is 13.2 Å². The number of benzene rings is 2. The van der Waals surface area contributed by atoms with E-state index in [9.17, 15) is 9.90 Å². The molecule has 1 saturated heterocycles. The summed E-state index contributed by atoms with van der Waals surface area (Å²) in [4.78, 5) is 14.7.